The van der Waals surface area contributed by atoms with Crippen molar-refractivity contribution in [2.75, 3.05) is 0 Å². The van der Waals surface area contributed by atoms with Gasteiger partial charge in [-0.05, 0) is 129 Å². The predicted octanol–water partition coefficient (Wildman–Crippen LogP) is 23.7. The summed E-state index contributed by atoms with van der Waals surface area (Å²) < 4.78 is 12.5. The van der Waals surface area contributed by atoms with Gasteiger partial charge in [0.05, 0.1) is 83.6 Å². The second-order valence-corrected chi connectivity index (χ2v) is 25.4. The van der Waals surface area contributed by atoms with Crippen molar-refractivity contribution in [2.24, 2.45) is 0 Å². The summed E-state index contributed by atoms with van der Waals surface area (Å²) in [5, 5.41) is 24.4. The van der Waals surface area contributed by atoms with E-state index < -0.39 is 0 Å². The maximum Gasteiger partial charge on any atom is 0.105 e. The Morgan fingerprint density at radius 2 is 0.351 bits per heavy atom. The average Bonchev–Trinajstić information content (AvgIpc) is 1.57. The Hall–Kier alpha value is -13.2. The van der Waals surface area contributed by atoms with E-state index in [1.807, 2.05) is 0 Å². The third-order valence-corrected chi connectivity index (χ3v) is 20.3. The second kappa shape index (κ2) is 21.4. The summed E-state index contributed by atoms with van der Waals surface area (Å²) >= 11 is 0. The molecule has 0 saturated carbocycles. The minimum atomic E-state index is 0.501. The molecule has 6 heteroatoms. The van der Waals surface area contributed by atoms with E-state index in [0.717, 1.165) is 182 Å². The largest absolute Gasteiger partial charge is 0.306 e. The second-order valence-electron chi connectivity index (χ2n) is 25.4. The number of nitrogens with zero attached hydrogens (tertiary/aromatic N) is 6. The van der Waals surface area contributed by atoms with Gasteiger partial charge in [-0.3, -0.25) is 0 Å². The number of benzene rings is 15. The fraction of sp³-hybridized carbons (Fsp3) is 0. The lowest BCUT2D eigenvalue weighted by Crippen LogP contribution is -2.18. The van der Waals surface area contributed by atoms with Gasteiger partial charge in [0.2, 0.25) is 0 Å². The molecule has 0 radical (unpaired) electrons. The fourth-order valence-electron chi connectivity index (χ4n) is 16.1. The van der Waals surface area contributed by atoms with Crippen LogP contribution in [0.3, 0.4) is 0 Å². The zero-order valence-electron chi connectivity index (χ0n) is 52.5. The number of hydrogen-bond donors (Lipinski definition) is 0. The molecule has 0 aliphatic heterocycles. The van der Waals surface area contributed by atoms with Crippen LogP contribution in [-0.4, -0.2) is 22.8 Å². The molecule has 97 heavy (non-hydrogen) atoms. The van der Waals surface area contributed by atoms with E-state index in [2.05, 4.69) is 369 Å². The Morgan fingerprint density at radius 1 is 0.165 bits per heavy atom. The van der Waals surface area contributed by atoms with Gasteiger partial charge in [-0.1, -0.05) is 255 Å². The molecule has 5 heterocycles. The molecule has 0 fully saturated rings. The molecule has 15 aromatic carbocycles. The smallest absolute Gasteiger partial charge is 0.105 e. The topological polar surface area (TPSA) is 48.4 Å². The summed E-state index contributed by atoms with van der Waals surface area (Å²) in [6, 6.07) is 127. The maximum atomic E-state index is 13.5. The number of rotatable bonds is 9. The lowest BCUT2D eigenvalue weighted by Gasteiger charge is -2.30. The third-order valence-electron chi connectivity index (χ3n) is 20.3. The molecule has 6 nitrogen and oxygen atoms in total. The first-order valence-electron chi connectivity index (χ1n) is 33.1. The van der Waals surface area contributed by atoms with Gasteiger partial charge in [-0.25, -0.2) is 0 Å². The van der Waals surface area contributed by atoms with Crippen LogP contribution in [0.4, 0.5) is 0 Å². The van der Waals surface area contributed by atoms with Crippen LogP contribution in [0.25, 0.3) is 182 Å². The molecule has 20 aromatic rings. The molecule has 5 aromatic heterocycles. The van der Waals surface area contributed by atoms with Crippen molar-refractivity contribution in [1.82, 2.24) is 22.8 Å². The number of hydrogen-bond acceptors (Lipinski definition) is 1. The van der Waals surface area contributed by atoms with Crippen LogP contribution in [0, 0.1) is 11.3 Å². The first-order chi connectivity index (χ1) is 48.1. The van der Waals surface area contributed by atoms with E-state index in [0.29, 0.717) is 5.56 Å². The molecule has 0 N–H and O–H groups in total. The highest BCUT2D eigenvalue weighted by atomic mass is 15.2. The van der Waals surface area contributed by atoms with Crippen LogP contribution in [0.5, 0.6) is 0 Å². The SMILES string of the molecule is N#Cc1c(-n2c3ccccc3c3ccccc32)c(-n2c3ccc(-c4ccccc4)cc3c3cc(-c4ccccc4)ccc32)c(-n2c3ccccc3c3ccccc32)c(-n2c3ccc(-c4ccccc4)cc3c3cc(-c4ccccc4)ccc32)c1-n1c2ccccc2c2ccccc21. The van der Waals surface area contributed by atoms with E-state index >= 15 is 0 Å². The van der Waals surface area contributed by atoms with E-state index in [1.54, 1.807) is 0 Å². The summed E-state index contributed by atoms with van der Waals surface area (Å²) in [6.45, 7) is 0. The van der Waals surface area contributed by atoms with Gasteiger partial charge in [0.1, 0.15) is 11.6 Å². The molecule has 0 atom stereocenters. The normalized spacial score (nSPS) is 11.9. The summed E-state index contributed by atoms with van der Waals surface area (Å²) in [4.78, 5) is 0. The molecular formula is C91H56N6. The molecule has 20 rings (SSSR count). The van der Waals surface area contributed by atoms with Crippen LogP contribution >= 0.6 is 0 Å². The van der Waals surface area contributed by atoms with Crippen LogP contribution in [0.2, 0.25) is 0 Å². The van der Waals surface area contributed by atoms with E-state index in [9.17, 15) is 5.26 Å². The summed E-state index contributed by atoms with van der Waals surface area (Å²) in [5.41, 5.74) is 23.4. The molecule has 0 aliphatic carbocycles. The Morgan fingerprint density at radius 3 is 0.577 bits per heavy atom. The van der Waals surface area contributed by atoms with Gasteiger partial charge < -0.3 is 22.8 Å². The lowest BCUT2D eigenvalue weighted by molar-refractivity contribution is 0.992. The number of nitriles is 1. The average molecular weight is 1230 g/mol. The van der Waals surface area contributed by atoms with E-state index in [4.69, 9.17) is 0 Å². The van der Waals surface area contributed by atoms with Gasteiger partial charge in [0.15, 0.2) is 0 Å². The zero-order valence-corrected chi connectivity index (χ0v) is 52.5. The zero-order chi connectivity index (χ0) is 63.8. The van der Waals surface area contributed by atoms with Crippen LogP contribution in [0.1, 0.15) is 5.56 Å². The standard InChI is InChI=1S/C91H56N6/c92-57-76-87(93-77-39-19-13-33-66(77)67-34-14-20-40-78(67)93)89(96-83-49-45-62(58-25-5-1-6-26-58)53-72(83)73-54-63(46-50-84(73)96)59-27-7-2-8-28-59)91(95-81-43-23-17-37-70(81)71-38-18-24-44-82(71)95)90(88(76)94-79-41-21-15-35-68(79)69-36-16-22-42-80(69)94)97-85-51-47-64(60-29-9-3-10-30-60)55-74(85)75-56-65(48-52-86(75)97)61-31-11-4-12-32-61/h1-56H. The first-order valence-corrected chi connectivity index (χ1v) is 33.1. The van der Waals surface area contributed by atoms with Crippen LogP contribution in [0.15, 0.2) is 340 Å². The van der Waals surface area contributed by atoms with Gasteiger partial charge >= 0.3 is 0 Å². The molecule has 0 bridgehead atoms. The number of fused-ring (bicyclic) bond motifs is 15. The highest BCUT2D eigenvalue weighted by Crippen LogP contribution is 2.53. The minimum absolute atomic E-state index is 0.501. The highest BCUT2D eigenvalue weighted by Gasteiger charge is 2.37. The van der Waals surface area contributed by atoms with Gasteiger partial charge in [-0.2, -0.15) is 5.26 Å². The summed E-state index contributed by atoms with van der Waals surface area (Å²) in [5.74, 6) is 0. The summed E-state index contributed by atoms with van der Waals surface area (Å²) in [6.07, 6.45) is 0. The quantitative estimate of drug-likeness (QED) is 0.142. The van der Waals surface area contributed by atoms with Crippen molar-refractivity contribution >= 4 is 109 Å². The Balaban J connectivity index is 1.10. The van der Waals surface area contributed by atoms with Gasteiger partial charge in [0, 0.05) is 53.9 Å². The fourth-order valence-corrected chi connectivity index (χ4v) is 16.1. The lowest BCUT2D eigenvalue weighted by atomic mass is 10.0. The number of aromatic nitrogens is 5. The summed E-state index contributed by atoms with van der Waals surface area (Å²) in [7, 11) is 0. The van der Waals surface area contributed by atoms with Crippen molar-refractivity contribution in [3.63, 3.8) is 0 Å². The van der Waals surface area contributed by atoms with E-state index in [-0.39, 0.29) is 0 Å². The molecular weight excluding hydrogens is 1180 g/mol. The maximum absolute atomic E-state index is 13.5. The molecule has 450 valence electrons. The van der Waals surface area contributed by atoms with Crippen LogP contribution in [-0.2, 0) is 0 Å². The van der Waals surface area contributed by atoms with E-state index in [1.165, 1.54) is 0 Å². The van der Waals surface area contributed by atoms with Crippen molar-refractivity contribution in [2.45, 2.75) is 0 Å². The highest BCUT2D eigenvalue weighted by molar-refractivity contribution is 6.19. The monoisotopic (exact) mass is 1230 g/mol. The Bertz CT molecular complexity index is 5980. The Kier molecular flexibility index (Phi) is 12.0. The van der Waals surface area contributed by atoms with Crippen LogP contribution < -0.4 is 0 Å². The minimum Gasteiger partial charge on any atom is -0.306 e. The van der Waals surface area contributed by atoms with Crippen molar-refractivity contribution in [3.05, 3.63) is 345 Å². The molecule has 0 saturated heterocycles. The Labute approximate surface area is 558 Å². The first kappa shape index (κ1) is 54.4. The van der Waals surface area contributed by atoms with Crippen molar-refractivity contribution < 1.29 is 0 Å². The van der Waals surface area contributed by atoms with Crippen molar-refractivity contribution in [1.29, 1.82) is 5.26 Å². The molecule has 0 spiro atoms. The molecule has 0 unspecified atom stereocenters. The number of para-hydroxylation sites is 6. The predicted molar refractivity (Wildman–Crippen MR) is 405 cm³/mol. The third kappa shape index (κ3) is 8.07. The van der Waals surface area contributed by atoms with Gasteiger partial charge in [-0.15, -0.1) is 0 Å². The molecule has 0 amide bonds. The van der Waals surface area contributed by atoms with Gasteiger partial charge in [0.25, 0.3) is 0 Å². The van der Waals surface area contributed by atoms with Crippen molar-refractivity contribution in [3.8, 4) is 79.0 Å². The molecule has 0 aliphatic rings.